The number of H-pyrrole nitrogens is 1. The number of hydrogen-bond acceptors (Lipinski definition) is 9. The fourth-order valence-corrected chi connectivity index (χ4v) is 4.63. The number of piperidine rings is 1. The van der Waals surface area contributed by atoms with E-state index in [9.17, 15) is 9.59 Å². The van der Waals surface area contributed by atoms with Crippen LogP contribution in [-0.4, -0.2) is 83.7 Å². The number of nitrogens with zero attached hydrogens (tertiary/aromatic N) is 3. The lowest BCUT2D eigenvalue weighted by atomic mass is 10.0. The highest BCUT2D eigenvalue weighted by atomic mass is 16.7. The number of hydrogen-bond donors (Lipinski definition) is 2. The minimum Gasteiger partial charge on any atom is -0.490 e. The fourth-order valence-electron chi connectivity index (χ4n) is 4.63. The number of methoxy groups -OCH3 is 1. The molecule has 3 aromatic rings. The third-order valence-corrected chi connectivity index (χ3v) is 6.47. The van der Waals surface area contributed by atoms with E-state index >= 15 is 0 Å². The number of amides is 2. The molecule has 208 valence electrons. The van der Waals surface area contributed by atoms with Crippen LogP contribution in [0.2, 0.25) is 0 Å². The van der Waals surface area contributed by atoms with Gasteiger partial charge in [0.15, 0.2) is 11.5 Å². The Balaban J connectivity index is 1.35. The molecule has 1 aromatic carbocycles. The zero-order valence-electron chi connectivity index (χ0n) is 22.5. The lowest BCUT2D eigenvalue weighted by Gasteiger charge is -2.33. The van der Waals surface area contributed by atoms with Gasteiger partial charge in [-0.2, -0.15) is 0 Å². The molecule has 1 saturated heterocycles. The summed E-state index contributed by atoms with van der Waals surface area (Å²) < 4.78 is 27.9. The van der Waals surface area contributed by atoms with E-state index in [1.807, 2.05) is 20.8 Å². The summed E-state index contributed by atoms with van der Waals surface area (Å²) in [5, 5.41) is 3.09. The molecule has 2 aliphatic rings. The standard InChI is InChI=1S/C27H33N5O7/c1-27(2,3)39-26(34)32-9-7-16(8-10-32)31-25(33)17-13-28-23-21(17)29-14-30-22(23)20-18(36-12-11-35-4)5-6-19-24(20)38-15-37-19/h5-6,13-14,16,28H,7-12,15H2,1-4H3,(H,31,33). The van der Waals surface area contributed by atoms with Crippen molar-refractivity contribution >= 4 is 23.0 Å². The molecular formula is C27H33N5O7. The average Bonchev–Trinajstić information content (AvgIpc) is 3.55. The molecule has 2 N–H and O–H groups in total. The van der Waals surface area contributed by atoms with Crippen LogP contribution in [-0.2, 0) is 9.47 Å². The van der Waals surface area contributed by atoms with Crippen LogP contribution in [0.3, 0.4) is 0 Å². The molecule has 2 amide bonds. The van der Waals surface area contributed by atoms with Crippen LogP contribution in [0.15, 0.2) is 24.7 Å². The van der Waals surface area contributed by atoms with Crippen LogP contribution in [0.4, 0.5) is 4.79 Å². The van der Waals surface area contributed by atoms with Gasteiger partial charge in [-0.05, 0) is 45.7 Å². The Morgan fingerprint density at radius 2 is 1.95 bits per heavy atom. The second-order valence-electron chi connectivity index (χ2n) is 10.4. The summed E-state index contributed by atoms with van der Waals surface area (Å²) in [6.45, 7) is 7.38. The fraction of sp³-hybridized carbons (Fsp3) is 0.481. The minimum atomic E-state index is -0.548. The van der Waals surface area contributed by atoms with Crippen molar-refractivity contribution in [2.24, 2.45) is 0 Å². The molecule has 0 aliphatic carbocycles. The maximum Gasteiger partial charge on any atom is 0.410 e. The molecule has 4 heterocycles. The topological polar surface area (TPSA) is 137 Å². The summed E-state index contributed by atoms with van der Waals surface area (Å²) in [5.74, 6) is 1.39. The first kappa shape index (κ1) is 26.5. The first-order valence-corrected chi connectivity index (χ1v) is 12.9. The highest BCUT2D eigenvalue weighted by molar-refractivity contribution is 6.08. The van der Waals surface area contributed by atoms with Crippen molar-refractivity contribution in [3.63, 3.8) is 0 Å². The molecule has 0 saturated carbocycles. The number of aromatic amines is 1. The number of aromatic nitrogens is 3. The minimum absolute atomic E-state index is 0.0776. The molecular weight excluding hydrogens is 506 g/mol. The molecule has 2 aliphatic heterocycles. The summed E-state index contributed by atoms with van der Waals surface area (Å²) in [4.78, 5) is 39.4. The zero-order valence-corrected chi connectivity index (χ0v) is 22.5. The highest BCUT2D eigenvalue weighted by Gasteiger charge is 2.30. The van der Waals surface area contributed by atoms with Gasteiger partial charge in [0.2, 0.25) is 6.79 Å². The third kappa shape index (κ3) is 5.70. The molecule has 2 aromatic heterocycles. The Morgan fingerprint density at radius 3 is 2.69 bits per heavy atom. The van der Waals surface area contributed by atoms with E-state index in [1.54, 1.807) is 30.3 Å². The van der Waals surface area contributed by atoms with Gasteiger partial charge in [-0.15, -0.1) is 0 Å². The van der Waals surface area contributed by atoms with Crippen LogP contribution < -0.4 is 19.5 Å². The predicted octanol–water partition coefficient (Wildman–Crippen LogP) is 3.51. The second-order valence-corrected chi connectivity index (χ2v) is 10.4. The largest absolute Gasteiger partial charge is 0.490 e. The number of rotatable bonds is 7. The monoisotopic (exact) mass is 539 g/mol. The molecule has 0 radical (unpaired) electrons. The van der Waals surface area contributed by atoms with E-state index in [4.69, 9.17) is 23.7 Å². The van der Waals surface area contributed by atoms with Crippen LogP contribution in [0.5, 0.6) is 17.2 Å². The molecule has 0 spiro atoms. The van der Waals surface area contributed by atoms with Gasteiger partial charge in [0.05, 0.1) is 23.3 Å². The first-order chi connectivity index (χ1) is 18.7. The predicted molar refractivity (Wildman–Crippen MR) is 141 cm³/mol. The number of fused-ring (bicyclic) bond motifs is 2. The summed E-state index contributed by atoms with van der Waals surface area (Å²) in [7, 11) is 1.60. The Bertz CT molecular complexity index is 1360. The molecule has 1 fully saturated rings. The van der Waals surface area contributed by atoms with E-state index in [0.29, 0.717) is 84.2 Å². The van der Waals surface area contributed by atoms with Gasteiger partial charge in [0.1, 0.15) is 35.5 Å². The number of carbonyl (C=O) groups is 2. The Kier molecular flexibility index (Phi) is 7.47. The number of likely N-dealkylation sites (tertiary alicyclic amines) is 1. The van der Waals surface area contributed by atoms with Crippen molar-refractivity contribution in [2.45, 2.75) is 45.3 Å². The lowest BCUT2D eigenvalue weighted by Crippen LogP contribution is -2.47. The van der Waals surface area contributed by atoms with Crippen LogP contribution in [0.1, 0.15) is 44.0 Å². The van der Waals surface area contributed by atoms with Crippen molar-refractivity contribution in [2.75, 3.05) is 40.2 Å². The van der Waals surface area contributed by atoms with Crippen molar-refractivity contribution in [3.05, 3.63) is 30.2 Å². The number of carbonyl (C=O) groups excluding carboxylic acids is 2. The van der Waals surface area contributed by atoms with Crippen LogP contribution >= 0.6 is 0 Å². The summed E-state index contributed by atoms with van der Waals surface area (Å²) >= 11 is 0. The van der Waals surface area contributed by atoms with Gasteiger partial charge in [-0.3, -0.25) is 4.79 Å². The molecule has 0 atom stereocenters. The Hall–Kier alpha value is -4.06. The quantitative estimate of drug-likeness (QED) is 0.432. The van der Waals surface area contributed by atoms with E-state index in [2.05, 4.69) is 20.3 Å². The lowest BCUT2D eigenvalue weighted by molar-refractivity contribution is 0.0199. The van der Waals surface area contributed by atoms with E-state index in [1.165, 1.54) is 6.33 Å². The summed E-state index contributed by atoms with van der Waals surface area (Å²) in [5.41, 5.74) is 2.03. The number of benzene rings is 1. The van der Waals surface area contributed by atoms with Gasteiger partial charge in [0.25, 0.3) is 5.91 Å². The molecule has 12 nitrogen and oxygen atoms in total. The van der Waals surface area contributed by atoms with E-state index in [-0.39, 0.29) is 24.8 Å². The van der Waals surface area contributed by atoms with Crippen molar-refractivity contribution in [1.82, 2.24) is 25.2 Å². The van der Waals surface area contributed by atoms with E-state index in [0.717, 1.165) is 0 Å². The second kappa shape index (κ2) is 11.0. The highest BCUT2D eigenvalue weighted by Crippen LogP contribution is 2.47. The molecule has 12 heteroatoms. The Labute approximate surface area is 225 Å². The van der Waals surface area contributed by atoms with Crippen molar-refractivity contribution in [1.29, 1.82) is 0 Å². The molecule has 5 rings (SSSR count). The summed E-state index contributed by atoms with van der Waals surface area (Å²) in [6.07, 6.45) is 3.96. The number of nitrogens with one attached hydrogen (secondary N) is 2. The molecule has 39 heavy (non-hydrogen) atoms. The number of ether oxygens (including phenoxy) is 5. The zero-order chi connectivity index (χ0) is 27.6. The maximum absolute atomic E-state index is 13.3. The third-order valence-electron chi connectivity index (χ3n) is 6.47. The van der Waals surface area contributed by atoms with Crippen molar-refractivity contribution in [3.8, 4) is 28.5 Å². The van der Waals surface area contributed by atoms with Gasteiger partial charge in [0, 0.05) is 32.4 Å². The van der Waals surface area contributed by atoms with Crippen LogP contribution in [0, 0.1) is 0 Å². The first-order valence-electron chi connectivity index (χ1n) is 12.9. The van der Waals surface area contributed by atoms with Crippen molar-refractivity contribution < 1.29 is 33.3 Å². The normalized spacial score (nSPS) is 15.4. The SMILES string of the molecule is COCCOc1ccc2c(c1-c1ncnc3c(C(=O)NC4CCN(C(=O)OC(C)(C)C)CC4)c[nH]c13)OCO2. The summed E-state index contributed by atoms with van der Waals surface area (Å²) in [6, 6.07) is 3.51. The maximum atomic E-state index is 13.3. The smallest absolute Gasteiger partial charge is 0.410 e. The van der Waals surface area contributed by atoms with Gasteiger partial charge in [-0.1, -0.05) is 0 Å². The Morgan fingerprint density at radius 1 is 1.15 bits per heavy atom. The van der Waals surface area contributed by atoms with E-state index < -0.39 is 5.60 Å². The van der Waals surface area contributed by atoms with Crippen LogP contribution in [0.25, 0.3) is 22.3 Å². The van der Waals surface area contributed by atoms with Gasteiger partial charge < -0.3 is 38.9 Å². The van der Waals surface area contributed by atoms with Gasteiger partial charge in [-0.25, -0.2) is 14.8 Å². The van der Waals surface area contributed by atoms with Gasteiger partial charge >= 0.3 is 6.09 Å². The molecule has 0 unspecified atom stereocenters. The molecule has 0 bridgehead atoms. The average molecular weight is 540 g/mol.